The van der Waals surface area contributed by atoms with Crippen LogP contribution in [0.1, 0.15) is 23.6 Å². The number of carbonyl (C=O) groups is 1. The Kier molecular flexibility index (Phi) is 6.76. The van der Waals surface area contributed by atoms with Gasteiger partial charge < -0.3 is 15.4 Å². The summed E-state index contributed by atoms with van der Waals surface area (Å²) < 4.78 is 5.90. The maximum Gasteiger partial charge on any atom is 0.237 e. The van der Waals surface area contributed by atoms with Crippen molar-refractivity contribution >= 4 is 45.5 Å². The van der Waals surface area contributed by atoms with Crippen molar-refractivity contribution < 1.29 is 9.53 Å². The van der Waals surface area contributed by atoms with Crippen LogP contribution in [0.25, 0.3) is 0 Å². The van der Waals surface area contributed by atoms with E-state index in [9.17, 15) is 4.79 Å². The van der Waals surface area contributed by atoms with E-state index in [1.165, 1.54) is 28.7 Å². The Hall–Kier alpha value is -2.58. The first-order chi connectivity index (χ1) is 13.9. The van der Waals surface area contributed by atoms with Crippen LogP contribution >= 0.6 is 23.1 Å². The highest BCUT2D eigenvalue weighted by Gasteiger charge is 2.19. The van der Waals surface area contributed by atoms with Gasteiger partial charge in [-0.15, -0.1) is 10.2 Å². The summed E-state index contributed by atoms with van der Waals surface area (Å²) in [5, 5.41) is 15.0. The number of thioether (sulfide) groups is 1. The number of methoxy groups -OCH3 is 1. The molecular weight excluding hydrogens is 404 g/mol. The van der Waals surface area contributed by atoms with E-state index in [-0.39, 0.29) is 11.2 Å². The first kappa shape index (κ1) is 21.1. The van der Waals surface area contributed by atoms with Gasteiger partial charge in [0, 0.05) is 11.4 Å². The molecule has 0 bridgehead atoms. The number of amides is 1. The number of aromatic nitrogens is 2. The smallest absolute Gasteiger partial charge is 0.237 e. The molecule has 3 aromatic rings. The minimum absolute atomic E-state index is 0.0510. The zero-order valence-corrected chi connectivity index (χ0v) is 18.7. The Balaban J connectivity index is 1.60. The summed E-state index contributed by atoms with van der Waals surface area (Å²) in [5.41, 5.74) is 5.10. The average Bonchev–Trinajstić information content (AvgIpc) is 3.11. The maximum atomic E-state index is 12.7. The van der Waals surface area contributed by atoms with Crippen LogP contribution in [-0.2, 0) is 4.79 Å². The van der Waals surface area contributed by atoms with E-state index >= 15 is 0 Å². The molecule has 2 aromatic carbocycles. The molecule has 0 aliphatic rings. The number of nitrogens with zero attached hydrogens (tertiary/aromatic N) is 2. The number of hydrogen-bond donors (Lipinski definition) is 2. The second-order valence-electron chi connectivity index (χ2n) is 6.75. The molecule has 1 atom stereocenters. The summed E-state index contributed by atoms with van der Waals surface area (Å²) in [6.07, 6.45) is 0. The summed E-state index contributed by atoms with van der Waals surface area (Å²) in [6.45, 7) is 7.94. The number of carbonyl (C=O) groups excluding carboxylic acids is 1. The minimum atomic E-state index is -0.295. The van der Waals surface area contributed by atoms with Gasteiger partial charge in [0.1, 0.15) is 5.75 Å². The number of benzene rings is 2. The molecule has 3 rings (SSSR count). The van der Waals surface area contributed by atoms with E-state index < -0.39 is 0 Å². The molecular formula is C21H24N4O2S2. The van der Waals surface area contributed by atoms with Gasteiger partial charge in [0.05, 0.1) is 12.4 Å². The molecule has 152 valence electrons. The summed E-state index contributed by atoms with van der Waals surface area (Å²) in [4.78, 5) is 12.7. The molecule has 0 aliphatic carbocycles. The molecule has 29 heavy (non-hydrogen) atoms. The number of hydrogen-bond acceptors (Lipinski definition) is 7. The van der Waals surface area contributed by atoms with Crippen LogP contribution in [0.4, 0.5) is 16.5 Å². The van der Waals surface area contributed by atoms with Gasteiger partial charge in [-0.05, 0) is 63.1 Å². The van der Waals surface area contributed by atoms with Crippen molar-refractivity contribution in [2.45, 2.75) is 37.3 Å². The zero-order valence-electron chi connectivity index (χ0n) is 17.1. The Bertz CT molecular complexity index is 979. The number of rotatable bonds is 7. The van der Waals surface area contributed by atoms with Crippen LogP contribution in [0.2, 0.25) is 0 Å². The predicted molar refractivity (Wildman–Crippen MR) is 121 cm³/mol. The Morgan fingerprint density at radius 1 is 1.10 bits per heavy atom. The molecule has 0 aliphatic heterocycles. The molecule has 1 heterocycles. The first-order valence-corrected chi connectivity index (χ1v) is 10.9. The molecule has 0 saturated heterocycles. The van der Waals surface area contributed by atoms with Crippen LogP contribution < -0.4 is 15.4 Å². The van der Waals surface area contributed by atoms with E-state index in [1.54, 1.807) is 7.11 Å². The molecule has 2 N–H and O–H groups in total. The molecule has 0 spiro atoms. The van der Waals surface area contributed by atoms with E-state index in [0.29, 0.717) is 5.13 Å². The van der Waals surface area contributed by atoms with Crippen molar-refractivity contribution in [1.29, 1.82) is 0 Å². The highest BCUT2D eigenvalue weighted by molar-refractivity contribution is 8.02. The van der Waals surface area contributed by atoms with Crippen LogP contribution in [0.5, 0.6) is 5.75 Å². The molecule has 6 nitrogen and oxygen atoms in total. The normalized spacial score (nSPS) is 11.8. The minimum Gasteiger partial charge on any atom is -0.497 e. The monoisotopic (exact) mass is 428 g/mol. The van der Waals surface area contributed by atoms with Gasteiger partial charge in [0.25, 0.3) is 0 Å². The van der Waals surface area contributed by atoms with Gasteiger partial charge in [-0.3, -0.25) is 4.79 Å². The summed E-state index contributed by atoms with van der Waals surface area (Å²) in [5.74, 6) is 0.743. The Morgan fingerprint density at radius 3 is 2.38 bits per heavy atom. The number of nitrogens with one attached hydrogen (secondary N) is 2. The van der Waals surface area contributed by atoms with Gasteiger partial charge >= 0.3 is 0 Å². The van der Waals surface area contributed by atoms with Crippen molar-refractivity contribution in [1.82, 2.24) is 10.2 Å². The van der Waals surface area contributed by atoms with Gasteiger partial charge in [0.2, 0.25) is 11.0 Å². The van der Waals surface area contributed by atoms with Gasteiger partial charge in [-0.1, -0.05) is 40.8 Å². The summed E-state index contributed by atoms with van der Waals surface area (Å²) in [6, 6.07) is 11.7. The average molecular weight is 429 g/mol. The second-order valence-corrected chi connectivity index (χ2v) is 9.32. The molecule has 1 aromatic heterocycles. The fraction of sp³-hybridized carbons (Fsp3) is 0.286. The number of anilines is 3. The molecule has 0 radical (unpaired) electrons. The van der Waals surface area contributed by atoms with Gasteiger partial charge in [-0.2, -0.15) is 0 Å². The topological polar surface area (TPSA) is 76.1 Å². The molecule has 0 saturated carbocycles. The lowest BCUT2D eigenvalue weighted by molar-refractivity contribution is -0.115. The van der Waals surface area contributed by atoms with Crippen molar-refractivity contribution in [3.63, 3.8) is 0 Å². The lowest BCUT2D eigenvalue weighted by Crippen LogP contribution is -2.23. The van der Waals surface area contributed by atoms with Crippen molar-refractivity contribution in [2.24, 2.45) is 0 Å². The quantitative estimate of drug-likeness (QED) is 0.495. The second kappa shape index (κ2) is 9.28. The largest absolute Gasteiger partial charge is 0.497 e. The standard InChI is InChI=1S/C21H24N4O2S2/c1-12-10-13(2)18(14(3)11-12)23-19(26)15(4)28-21-25-24-20(29-21)22-16-6-8-17(27-5)9-7-16/h6-11,15H,1-5H3,(H,22,24)(H,23,26). The van der Waals surface area contributed by atoms with Crippen molar-refractivity contribution in [2.75, 3.05) is 17.7 Å². The highest BCUT2D eigenvalue weighted by atomic mass is 32.2. The van der Waals surface area contributed by atoms with Crippen LogP contribution in [-0.4, -0.2) is 28.5 Å². The van der Waals surface area contributed by atoms with Crippen LogP contribution in [0.3, 0.4) is 0 Å². The van der Waals surface area contributed by atoms with E-state index in [0.717, 1.165) is 32.6 Å². The van der Waals surface area contributed by atoms with Crippen molar-refractivity contribution in [3.05, 3.63) is 53.1 Å². The van der Waals surface area contributed by atoms with Crippen molar-refractivity contribution in [3.8, 4) is 5.75 Å². The van der Waals surface area contributed by atoms with E-state index in [2.05, 4.69) is 39.9 Å². The Labute approximate surface area is 179 Å². The highest BCUT2D eigenvalue weighted by Crippen LogP contribution is 2.31. The molecule has 8 heteroatoms. The SMILES string of the molecule is COc1ccc(Nc2nnc(SC(C)C(=O)Nc3c(C)cc(C)cc3C)s2)cc1. The van der Waals surface area contributed by atoms with Crippen LogP contribution in [0.15, 0.2) is 40.7 Å². The lowest BCUT2D eigenvalue weighted by atomic mass is 10.1. The fourth-order valence-electron chi connectivity index (χ4n) is 2.91. The van der Waals surface area contributed by atoms with E-state index in [1.807, 2.05) is 45.0 Å². The van der Waals surface area contributed by atoms with Gasteiger partial charge in [0.15, 0.2) is 4.34 Å². The maximum absolute atomic E-state index is 12.7. The molecule has 1 amide bonds. The first-order valence-electron chi connectivity index (χ1n) is 9.15. The van der Waals surface area contributed by atoms with Gasteiger partial charge in [-0.25, -0.2) is 0 Å². The number of aryl methyl sites for hydroxylation is 3. The molecule has 0 fully saturated rings. The molecule has 1 unspecified atom stereocenters. The summed E-state index contributed by atoms with van der Waals surface area (Å²) in [7, 11) is 1.63. The third kappa shape index (κ3) is 5.48. The lowest BCUT2D eigenvalue weighted by Gasteiger charge is -2.15. The third-order valence-corrected chi connectivity index (χ3v) is 6.34. The summed E-state index contributed by atoms with van der Waals surface area (Å²) >= 11 is 2.81. The predicted octanol–water partition coefficient (Wildman–Crippen LogP) is 5.33. The zero-order chi connectivity index (χ0) is 21.0. The fourth-order valence-corrected chi connectivity index (χ4v) is 4.83. The Morgan fingerprint density at radius 2 is 1.76 bits per heavy atom. The number of ether oxygens (including phenoxy) is 1. The van der Waals surface area contributed by atoms with E-state index in [4.69, 9.17) is 4.74 Å². The third-order valence-electron chi connectivity index (χ3n) is 4.32. The van der Waals surface area contributed by atoms with Crippen LogP contribution in [0, 0.1) is 20.8 Å².